The lowest BCUT2D eigenvalue weighted by molar-refractivity contribution is 0.102. The lowest BCUT2D eigenvalue weighted by Crippen LogP contribution is -2.22. The third kappa shape index (κ3) is 4.64. The molecule has 6 nitrogen and oxygen atoms in total. The van der Waals surface area contributed by atoms with E-state index in [0.717, 1.165) is 15.6 Å². The Morgan fingerprint density at radius 2 is 1.86 bits per heavy atom. The lowest BCUT2D eigenvalue weighted by Gasteiger charge is -2.11. The van der Waals surface area contributed by atoms with Crippen molar-refractivity contribution in [2.75, 3.05) is 19.4 Å². The van der Waals surface area contributed by atoms with Crippen LogP contribution in [0.3, 0.4) is 0 Å². The fourth-order valence-electron chi connectivity index (χ4n) is 2.63. The third-order valence-electron chi connectivity index (χ3n) is 4.13. The van der Waals surface area contributed by atoms with Crippen LogP contribution in [-0.2, 0) is 16.4 Å². The van der Waals surface area contributed by atoms with Crippen LogP contribution in [0, 0.1) is 6.92 Å². The van der Waals surface area contributed by atoms with Crippen molar-refractivity contribution < 1.29 is 13.2 Å². The van der Waals surface area contributed by atoms with Crippen LogP contribution in [-0.4, -0.2) is 37.7 Å². The van der Waals surface area contributed by atoms with Crippen molar-refractivity contribution >= 4 is 32.4 Å². The van der Waals surface area contributed by atoms with Gasteiger partial charge in [-0.05, 0) is 36.8 Å². The van der Waals surface area contributed by atoms with Crippen molar-refractivity contribution in [1.82, 2.24) is 9.29 Å². The SMILES string of the molecule is Cc1cccc(Cc2cnc(NC(=O)c3ccc(S(=O)(=O)N(C)C)cc3)s2)c1. The molecule has 0 spiro atoms. The van der Waals surface area contributed by atoms with Gasteiger partial charge in [-0.2, -0.15) is 0 Å². The maximum atomic E-state index is 12.4. The monoisotopic (exact) mass is 415 g/mol. The zero-order valence-electron chi connectivity index (χ0n) is 15.8. The topological polar surface area (TPSA) is 79.4 Å². The molecule has 28 heavy (non-hydrogen) atoms. The van der Waals surface area contributed by atoms with Gasteiger partial charge in [0.05, 0.1) is 4.90 Å². The van der Waals surface area contributed by atoms with E-state index in [1.165, 1.54) is 60.8 Å². The quantitative estimate of drug-likeness (QED) is 0.668. The lowest BCUT2D eigenvalue weighted by atomic mass is 10.1. The summed E-state index contributed by atoms with van der Waals surface area (Å²) in [6, 6.07) is 14.1. The molecule has 3 rings (SSSR count). The van der Waals surface area contributed by atoms with Crippen LogP contribution in [0.4, 0.5) is 5.13 Å². The number of benzene rings is 2. The first kappa shape index (κ1) is 20.2. The summed E-state index contributed by atoms with van der Waals surface area (Å²) in [6.45, 7) is 2.05. The summed E-state index contributed by atoms with van der Waals surface area (Å²) in [4.78, 5) is 17.9. The Bertz CT molecular complexity index is 1090. The number of hydrogen-bond donors (Lipinski definition) is 1. The molecule has 2 aromatic carbocycles. The Balaban J connectivity index is 1.67. The molecular formula is C20H21N3O3S2. The molecule has 0 aliphatic carbocycles. The highest BCUT2D eigenvalue weighted by atomic mass is 32.2. The number of amides is 1. The normalized spacial score (nSPS) is 11.6. The zero-order valence-corrected chi connectivity index (χ0v) is 17.5. The molecule has 0 saturated carbocycles. The highest BCUT2D eigenvalue weighted by molar-refractivity contribution is 7.89. The second-order valence-corrected chi connectivity index (χ2v) is 9.83. The van der Waals surface area contributed by atoms with E-state index >= 15 is 0 Å². The van der Waals surface area contributed by atoms with E-state index in [-0.39, 0.29) is 10.8 Å². The van der Waals surface area contributed by atoms with E-state index in [1.807, 2.05) is 6.07 Å². The second kappa shape index (κ2) is 8.22. The first-order chi connectivity index (χ1) is 13.3. The number of carbonyl (C=O) groups excluding carboxylic acids is 1. The van der Waals surface area contributed by atoms with Gasteiger partial charge in [-0.1, -0.05) is 29.8 Å². The van der Waals surface area contributed by atoms with Crippen molar-refractivity contribution in [2.45, 2.75) is 18.2 Å². The summed E-state index contributed by atoms with van der Waals surface area (Å²) in [5.74, 6) is -0.328. The fourth-order valence-corrected chi connectivity index (χ4v) is 4.37. The number of anilines is 1. The number of thiazole rings is 1. The number of nitrogens with zero attached hydrogens (tertiary/aromatic N) is 2. The molecule has 0 aliphatic heterocycles. The number of aryl methyl sites for hydroxylation is 1. The van der Waals surface area contributed by atoms with Gasteiger partial charge in [0.1, 0.15) is 0 Å². The van der Waals surface area contributed by atoms with Gasteiger partial charge in [0.2, 0.25) is 10.0 Å². The van der Waals surface area contributed by atoms with Crippen LogP contribution in [0.1, 0.15) is 26.4 Å². The van der Waals surface area contributed by atoms with Crippen molar-refractivity contribution in [2.24, 2.45) is 0 Å². The number of hydrogen-bond acceptors (Lipinski definition) is 5. The minimum Gasteiger partial charge on any atom is -0.298 e. The zero-order chi connectivity index (χ0) is 20.3. The van der Waals surface area contributed by atoms with Crippen LogP contribution in [0.5, 0.6) is 0 Å². The van der Waals surface area contributed by atoms with Crippen LogP contribution < -0.4 is 5.32 Å². The first-order valence-electron chi connectivity index (χ1n) is 8.60. The van der Waals surface area contributed by atoms with Gasteiger partial charge in [0.15, 0.2) is 5.13 Å². The maximum Gasteiger partial charge on any atom is 0.257 e. The Morgan fingerprint density at radius 1 is 1.14 bits per heavy atom. The molecule has 1 aromatic heterocycles. The molecule has 0 atom stereocenters. The summed E-state index contributed by atoms with van der Waals surface area (Å²) >= 11 is 1.42. The Labute approximate surface area is 168 Å². The van der Waals surface area contributed by atoms with Gasteiger partial charge in [0, 0.05) is 37.2 Å². The predicted octanol–water partition coefficient (Wildman–Crippen LogP) is 3.54. The average Bonchev–Trinajstić information content (AvgIpc) is 3.08. The van der Waals surface area contributed by atoms with Crippen molar-refractivity contribution in [3.05, 3.63) is 76.3 Å². The summed E-state index contributed by atoms with van der Waals surface area (Å²) in [7, 11) is -0.586. The molecule has 0 aliphatic rings. The number of aromatic nitrogens is 1. The van der Waals surface area contributed by atoms with Gasteiger partial charge in [-0.25, -0.2) is 17.7 Å². The molecule has 8 heteroatoms. The molecule has 146 valence electrons. The molecule has 0 bridgehead atoms. The van der Waals surface area contributed by atoms with Gasteiger partial charge in [-0.3, -0.25) is 10.1 Å². The summed E-state index contributed by atoms with van der Waals surface area (Å²) in [5.41, 5.74) is 2.77. The van der Waals surface area contributed by atoms with Gasteiger partial charge < -0.3 is 0 Å². The molecule has 0 radical (unpaired) electrons. The average molecular weight is 416 g/mol. The Kier molecular flexibility index (Phi) is 5.93. The van der Waals surface area contributed by atoms with E-state index < -0.39 is 10.0 Å². The predicted molar refractivity (Wildman–Crippen MR) is 111 cm³/mol. The standard InChI is InChI=1S/C20H21N3O3S2/c1-14-5-4-6-15(11-14)12-17-13-21-20(27-17)22-19(24)16-7-9-18(10-8-16)28(25,26)23(2)3/h4-11,13H,12H2,1-3H3,(H,21,22,24). The number of rotatable bonds is 6. The number of sulfonamides is 1. The Hall–Kier alpha value is -2.55. The number of nitrogens with one attached hydrogen (secondary N) is 1. The number of carbonyl (C=O) groups is 1. The van der Waals surface area contributed by atoms with Gasteiger partial charge >= 0.3 is 0 Å². The van der Waals surface area contributed by atoms with Crippen LogP contribution in [0.25, 0.3) is 0 Å². The van der Waals surface area contributed by atoms with Crippen molar-refractivity contribution in [3.8, 4) is 0 Å². The van der Waals surface area contributed by atoms with E-state index in [4.69, 9.17) is 0 Å². The first-order valence-corrected chi connectivity index (χ1v) is 10.9. The Morgan fingerprint density at radius 3 is 2.50 bits per heavy atom. The highest BCUT2D eigenvalue weighted by Crippen LogP contribution is 2.22. The molecule has 1 heterocycles. The van der Waals surface area contributed by atoms with Gasteiger partial charge in [-0.15, -0.1) is 11.3 Å². The minimum absolute atomic E-state index is 0.142. The molecule has 0 fully saturated rings. The largest absolute Gasteiger partial charge is 0.298 e. The third-order valence-corrected chi connectivity index (χ3v) is 6.87. The van der Waals surface area contributed by atoms with Crippen LogP contribution in [0.15, 0.2) is 59.6 Å². The summed E-state index contributed by atoms with van der Waals surface area (Å²) < 4.78 is 25.3. The summed E-state index contributed by atoms with van der Waals surface area (Å²) in [5, 5.41) is 3.28. The molecular weight excluding hydrogens is 394 g/mol. The van der Waals surface area contributed by atoms with Gasteiger partial charge in [0.25, 0.3) is 5.91 Å². The second-order valence-electron chi connectivity index (χ2n) is 6.56. The van der Waals surface area contributed by atoms with Crippen LogP contribution in [0.2, 0.25) is 0 Å². The smallest absolute Gasteiger partial charge is 0.257 e. The molecule has 3 aromatic rings. The van der Waals surface area contributed by atoms with Crippen molar-refractivity contribution in [3.63, 3.8) is 0 Å². The van der Waals surface area contributed by atoms with E-state index in [2.05, 4.69) is 35.4 Å². The maximum absolute atomic E-state index is 12.4. The van der Waals surface area contributed by atoms with Crippen molar-refractivity contribution in [1.29, 1.82) is 0 Å². The van der Waals surface area contributed by atoms with E-state index in [0.29, 0.717) is 10.7 Å². The molecule has 0 unspecified atom stereocenters. The molecule has 1 amide bonds. The summed E-state index contributed by atoms with van der Waals surface area (Å²) in [6.07, 6.45) is 2.52. The highest BCUT2D eigenvalue weighted by Gasteiger charge is 2.18. The molecule has 1 N–H and O–H groups in total. The van der Waals surface area contributed by atoms with Crippen LogP contribution >= 0.6 is 11.3 Å². The van der Waals surface area contributed by atoms with E-state index in [1.54, 1.807) is 6.20 Å². The van der Waals surface area contributed by atoms with E-state index in [9.17, 15) is 13.2 Å². The molecule has 0 saturated heterocycles. The fraction of sp³-hybridized carbons (Fsp3) is 0.200. The minimum atomic E-state index is -3.52.